The zero-order chi connectivity index (χ0) is 24.3. The second kappa shape index (κ2) is 10.5. The zero-order valence-electron chi connectivity index (χ0n) is 20.0. The van der Waals surface area contributed by atoms with Gasteiger partial charge >= 0.3 is 0 Å². The van der Waals surface area contributed by atoms with Crippen molar-refractivity contribution < 1.29 is 4.79 Å². The molecular formula is C28H31Cl2N3O. The maximum absolute atomic E-state index is 13.0. The third-order valence-corrected chi connectivity index (χ3v) is 7.89. The van der Waals surface area contributed by atoms with Crippen molar-refractivity contribution in [3.8, 4) is 0 Å². The van der Waals surface area contributed by atoms with Crippen LogP contribution in [0.15, 0.2) is 66.7 Å². The fourth-order valence-corrected chi connectivity index (χ4v) is 5.12. The van der Waals surface area contributed by atoms with Gasteiger partial charge in [-0.05, 0) is 75.7 Å². The first-order valence-corrected chi connectivity index (χ1v) is 12.5. The molecule has 1 amide bonds. The van der Waals surface area contributed by atoms with E-state index in [0.717, 1.165) is 30.6 Å². The molecule has 2 aromatic carbocycles. The molecule has 0 bridgehead atoms. The van der Waals surface area contributed by atoms with Gasteiger partial charge in [0.1, 0.15) is 5.82 Å². The molecular weight excluding hydrogens is 465 g/mol. The number of piperidine rings is 1. The van der Waals surface area contributed by atoms with E-state index < -0.39 is 0 Å². The highest BCUT2D eigenvalue weighted by atomic mass is 35.5. The lowest BCUT2D eigenvalue weighted by molar-refractivity contribution is -0.120. The minimum absolute atomic E-state index is 0.111. The zero-order valence-corrected chi connectivity index (χ0v) is 21.5. The van der Waals surface area contributed by atoms with Crippen LogP contribution in [0.25, 0.3) is 0 Å². The lowest BCUT2D eigenvalue weighted by Gasteiger charge is -2.44. The van der Waals surface area contributed by atoms with Crippen LogP contribution in [0.3, 0.4) is 0 Å². The summed E-state index contributed by atoms with van der Waals surface area (Å²) in [6.07, 6.45) is 2.11. The number of hydrogen-bond donors (Lipinski definition) is 0. The Labute approximate surface area is 212 Å². The minimum atomic E-state index is -0.252. The molecule has 6 heteroatoms. The summed E-state index contributed by atoms with van der Waals surface area (Å²) in [6, 6.07) is 22.5. The van der Waals surface area contributed by atoms with E-state index in [9.17, 15) is 4.79 Å². The average Bonchev–Trinajstić information content (AvgIpc) is 2.85. The van der Waals surface area contributed by atoms with E-state index >= 15 is 0 Å². The molecule has 0 spiro atoms. The third-order valence-electron chi connectivity index (χ3n) is 7.15. The molecule has 0 N–H and O–H groups in total. The summed E-state index contributed by atoms with van der Waals surface area (Å²) < 4.78 is 0. The van der Waals surface area contributed by atoms with Gasteiger partial charge < -0.3 is 0 Å². The van der Waals surface area contributed by atoms with Crippen molar-refractivity contribution in [1.82, 2.24) is 9.88 Å². The number of aromatic nitrogens is 1. The maximum Gasteiger partial charge on any atom is 0.228 e. The standard InChI is InChI=1S/C28H31Cl2N3O/c1-20-8-7-11-26(31-20)33-19-28(15-14-27(33)34,23-12-13-24(29)25(30)18-23)16-17-32(3)21(2)22-9-5-4-6-10-22/h4-13,18,21H,14-17,19H2,1-3H3/t21-,28?/m1/s1. The Hall–Kier alpha value is -2.40. The number of anilines is 1. The van der Waals surface area contributed by atoms with Crippen LogP contribution in [0, 0.1) is 6.92 Å². The van der Waals surface area contributed by atoms with E-state index in [-0.39, 0.29) is 17.4 Å². The van der Waals surface area contributed by atoms with Crippen LogP contribution in [-0.2, 0) is 10.2 Å². The van der Waals surface area contributed by atoms with Gasteiger partial charge in [0.2, 0.25) is 5.91 Å². The van der Waals surface area contributed by atoms with Gasteiger partial charge in [-0.25, -0.2) is 4.98 Å². The molecule has 4 nitrogen and oxygen atoms in total. The summed E-state index contributed by atoms with van der Waals surface area (Å²) in [5.74, 6) is 0.819. The molecule has 2 atom stereocenters. The number of hydrogen-bond acceptors (Lipinski definition) is 3. The van der Waals surface area contributed by atoms with Gasteiger partial charge in [0.05, 0.1) is 10.0 Å². The maximum atomic E-state index is 13.0. The van der Waals surface area contributed by atoms with Crippen molar-refractivity contribution in [3.05, 3.63) is 93.6 Å². The van der Waals surface area contributed by atoms with Crippen LogP contribution < -0.4 is 4.90 Å². The lowest BCUT2D eigenvalue weighted by Crippen LogP contribution is -2.50. The summed E-state index contributed by atoms with van der Waals surface area (Å²) in [5.41, 5.74) is 3.05. The molecule has 178 valence electrons. The molecule has 4 rings (SSSR count). The van der Waals surface area contributed by atoms with Crippen molar-refractivity contribution in [2.45, 2.75) is 44.6 Å². The van der Waals surface area contributed by atoms with E-state index in [1.54, 1.807) is 0 Å². The van der Waals surface area contributed by atoms with E-state index in [2.05, 4.69) is 54.2 Å². The summed E-state index contributed by atoms with van der Waals surface area (Å²) in [7, 11) is 2.16. The first kappa shape index (κ1) is 24.7. The Morgan fingerprint density at radius 2 is 1.82 bits per heavy atom. The lowest BCUT2D eigenvalue weighted by atomic mass is 9.71. The number of aryl methyl sites for hydroxylation is 1. The Bertz CT molecular complexity index is 1150. The topological polar surface area (TPSA) is 36.4 Å². The monoisotopic (exact) mass is 495 g/mol. The van der Waals surface area contributed by atoms with Gasteiger partial charge in [0.15, 0.2) is 0 Å². The number of rotatable bonds is 7. The van der Waals surface area contributed by atoms with Crippen LogP contribution in [0.4, 0.5) is 5.82 Å². The molecule has 1 aliphatic heterocycles. The van der Waals surface area contributed by atoms with Gasteiger partial charge in [-0.15, -0.1) is 0 Å². The van der Waals surface area contributed by atoms with Crippen LogP contribution in [0.5, 0.6) is 0 Å². The summed E-state index contributed by atoms with van der Waals surface area (Å²) in [6.45, 7) is 5.62. The van der Waals surface area contributed by atoms with Gasteiger partial charge in [-0.3, -0.25) is 14.6 Å². The third kappa shape index (κ3) is 5.30. The second-order valence-electron chi connectivity index (χ2n) is 9.34. The summed E-state index contributed by atoms with van der Waals surface area (Å²) in [4.78, 5) is 21.9. The first-order valence-electron chi connectivity index (χ1n) is 11.7. The Morgan fingerprint density at radius 3 is 2.53 bits per heavy atom. The van der Waals surface area contributed by atoms with Gasteiger partial charge in [-0.2, -0.15) is 0 Å². The number of amides is 1. The number of carbonyl (C=O) groups excluding carboxylic acids is 1. The van der Waals surface area contributed by atoms with Crippen molar-refractivity contribution >= 4 is 34.9 Å². The molecule has 34 heavy (non-hydrogen) atoms. The molecule has 1 saturated heterocycles. The summed E-state index contributed by atoms with van der Waals surface area (Å²) >= 11 is 12.7. The van der Waals surface area contributed by atoms with E-state index in [0.29, 0.717) is 28.8 Å². The molecule has 0 radical (unpaired) electrons. The van der Waals surface area contributed by atoms with Gasteiger partial charge in [-0.1, -0.05) is 65.7 Å². The quantitative estimate of drug-likeness (QED) is 0.359. The molecule has 1 aromatic heterocycles. The van der Waals surface area contributed by atoms with E-state index in [1.807, 2.05) is 48.2 Å². The number of carbonyl (C=O) groups is 1. The Balaban J connectivity index is 1.65. The van der Waals surface area contributed by atoms with Gasteiger partial charge in [0, 0.05) is 30.1 Å². The smallest absolute Gasteiger partial charge is 0.228 e. The number of benzene rings is 2. The predicted molar refractivity (Wildman–Crippen MR) is 141 cm³/mol. The van der Waals surface area contributed by atoms with Crippen LogP contribution >= 0.6 is 23.2 Å². The molecule has 3 aromatic rings. The average molecular weight is 496 g/mol. The molecule has 0 saturated carbocycles. The van der Waals surface area contributed by atoms with Crippen molar-refractivity contribution in [2.75, 3.05) is 25.0 Å². The minimum Gasteiger partial charge on any atom is -0.300 e. The molecule has 1 unspecified atom stereocenters. The first-order chi connectivity index (χ1) is 16.3. The van der Waals surface area contributed by atoms with Crippen molar-refractivity contribution in [1.29, 1.82) is 0 Å². The van der Waals surface area contributed by atoms with Crippen LogP contribution in [-0.4, -0.2) is 35.9 Å². The van der Waals surface area contributed by atoms with Crippen LogP contribution in [0.1, 0.15) is 49.0 Å². The summed E-state index contributed by atoms with van der Waals surface area (Å²) in [5, 5.41) is 1.08. The largest absolute Gasteiger partial charge is 0.300 e. The molecule has 0 aliphatic carbocycles. The number of pyridine rings is 1. The van der Waals surface area contributed by atoms with Crippen LogP contribution in [0.2, 0.25) is 10.0 Å². The molecule has 1 fully saturated rings. The van der Waals surface area contributed by atoms with E-state index in [1.165, 1.54) is 5.56 Å². The fourth-order valence-electron chi connectivity index (χ4n) is 4.82. The predicted octanol–water partition coefficient (Wildman–Crippen LogP) is 6.84. The number of halogens is 2. The van der Waals surface area contributed by atoms with Crippen molar-refractivity contribution in [2.24, 2.45) is 0 Å². The van der Waals surface area contributed by atoms with Gasteiger partial charge in [0.25, 0.3) is 0 Å². The second-order valence-corrected chi connectivity index (χ2v) is 10.2. The molecule has 1 aliphatic rings. The highest BCUT2D eigenvalue weighted by Gasteiger charge is 2.41. The molecule has 2 heterocycles. The fraction of sp³-hybridized carbons (Fsp3) is 0.357. The normalized spacial score (nSPS) is 19.5. The highest BCUT2D eigenvalue weighted by molar-refractivity contribution is 6.42. The highest BCUT2D eigenvalue weighted by Crippen LogP contribution is 2.41. The van der Waals surface area contributed by atoms with Crippen molar-refractivity contribution in [3.63, 3.8) is 0 Å². The van der Waals surface area contributed by atoms with E-state index in [4.69, 9.17) is 23.2 Å². The SMILES string of the molecule is Cc1cccc(N2CC(CCN(C)[C@H](C)c3ccccc3)(c3ccc(Cl)c(Cl)c3)CCC2=O)n1. The Kier molecular flexibility index (Phi) is 7.61. The Morgan fingerprint density at radius 1 is 1.06 bits per heavy atom. The number of nitrogens with zero attached hydrogens (tertiary/aromatic N) is 3.